The predicted molar refractivity (Wildman–Crippen MR) is 49.9 cm³/mol. The maximum Gasteiger partial charge on any atom is 0.0524 e. The second kappa shape index (κ2) is 4.80. The van der Waals surface area contributed by atoms with Crippen LogP contribution in [-0.4, -0.2) is 41.8 Å². The van der Waals surface area contributed by atoms with E-state index in [9.17, 15) is 0 Å². The first-order valence-corrected chi connectivity index (χ1v) is 4.84. The van der Waals surface area contributed by atoms with E-state index >= 15 is 0 Å². The van der Waals surface area contributed by atoms with Gasteiger partial charge in [-0.25, -0.2) is 0 Å². The summed E-state index contributed by atoms with van der Waals surface area (Å²) in [5.74, 6) is 0. The second-order valence-electron chi connectivity index (χ2n) is 3.84. The minimum atomic E-state index is -0.178. The fourth-order valence-corrected chi connectivity index (χ4v) is 1.66. The summed E-state index contributed by atoms with van der Waals surface area (Å²) in [4.78, 5) is 2.35. The number of nitrogens with two attached hydrogens (primary N) is 1. The van der Waals surface area contributed by atoms with E-state index in [4.69, 9.17) is 10.8 Å². The Balaban J connectivity index is 2.14. The van der Waals surface area contributed by atoms with Crippen molar-refractivity contribution in [1.29, 1.82) is 0 Å². The molecule has 72 valence electrons. The number of rotatable bonds is 3. The van der Waals surface area contributed by atoms with Crippen LogP contribution in [-0.2, 0) is 0 Å². The molecule has 0 aromatic carbocycles. The van der Waals surface area contributed by atoms with Crippen LogP contribution in [0.1, 0.15) is 26.2 Å². The summed E-state index contributed by atoms with van der Waals surface area (Å²) >= 11 is 0. The Morgan fingerprint density at radius 3 is 3.00 bits per heavy atom. The first kappa shape index (κ1) is 9.96. The molecule has 1 fully saturated rings. The van der Waals surface area contributed by atoms with E-state index in [-0.39, 0.29) is 6.10 Å². The summed E-state index contributed by atoms with van der Waals surface area (Å²) in [5.41, 5.74) is 5.83. The van der Waals surface area contributed by atoms with E-state index in [0.717, 1.165) is 32.5 Å². The van der Waals surface area contributed by atoms with Crippen molar-refractivity contribution in [3.8, 4) is 0 Å². The molecule has 12 heavy (non-hydrogen) atoms. The average molecular weight is 172 g/mol. The molecule has 0 aliphatic carbocycles. The minimum absolute atomic E-state index is 0.178. The van der Waals surface area contributed by atoms with Crippen molar-refractivity contribution >= 4 is 0 Å². The lowest BCUT2D eigenvalue weighted by atomic mass is 10.1. The van der Waals surface area contributed by atoms with Gasteiger partial charge in [0.05, 0.1) is 6.10 Å². The molecule has 1 aliphatic heterocycles. The molecular formula is C9H20N2O. The number of aliphatic hydroxyl groups excluding tert-OH is 1. The van der Waals surface area contributed by atoms with Crippen LogP contribution in [0.2, 0.25) is 0 Å². The summed E-state index contributed by atoms with van der Waals surface area (Å²) in [6.45, 7) is 4.99. The van der Waals surface area contributed by atoms with Gasteiger partial charge in [0.15, 0.2) is 0 Å². The summed E-state index contributed by atoms with van der Waals surface area (Å²) in [6, 6.07) is 0.354. The fraction of sp³-hybridized carbons (Fsp3) is 1.00. The lowest BCUT2D eigenvalue weighted by Gasteiger charge is -2.30. The zero-order valence-corrected chi connectivity index (χ0v) is 7.87. The largest absolute Gasteiger partial charge is 0.393 e. The molecule has 0 aromatic heterocycles. The van der Waals surface area contributed by atoms with Gasteiger partial charge in [0.1, 0.15) is 0 Å². The molecule has 3 heteroatoms. The molecule has 0 aromatic rings. The van der Waals surface area contributed by atoms with Gasteiger partial charge in [-0.2, -0.15) is 0 Å². The molecule has 1 unspecified atom stereocenters. The highest BCUT2D eigenvalue weighted by Gasteiger charge is 2.16. The Morgan fingerprint density at radius 2 is 2.42 bits per heavy atom. The molecule has 1 saturated heterocycles. The maximum absolute atomic E-state index is 9.09. The van der Waals surface area contributed by atoms with E-state index in [1.54, 1.807) is 0 Å². The van der Waals surface area contributed by atoms with E-state index in [2.05, 4.69) is 4.90 Å². The highest BCUT2D eigenvalue weighted by molar-refractivity contribution is 4.74. The van der Waals surface area contributed by atoms with Gasteiger partial charge in [-0.15, -0.1) is 0 Å². The van der Waals surface area contributed by atoms with Crippen LogP contribution in [0, 0.1) is 0 Å². The maximum atomic E-state index is 9.09. The number of piperidine rings is 1. The molecule has 0 spiro atoms. The van der Waals surface area contributed by atoms with E-state index < -0.39 is 0 Å². The Morgan fingerprint density at radius 1 is 1.67 bits per heavy atom. The van der Waals surface area contributed by atoms with Gasteiger partial charge in [0.2, 0.25) is 0 Å². The third-order valence-corrected chi connectivity index (χ3v) is 2.41. The molecule has 3 N–H and O–H groups in total. The lowest BCUT2D eigenvalue weighted by molar-refractivity contribution is 0.141. The van der Waals surface area contributed by atoms with Crippen LogP contribution in [0.25, 0.3) is 0 Å². The van der Waals surface area contributed by atoms with E-state index in [1.807, 2.05) is 6.92 Å². The van der Waals surface area contributed by atoms with Crippen molar-refractivity contribution in [3.05, 3.63) is 0 Å². The molecule has 0 amide bonds. The first-order chi connectivity index (χ1) is 5.68. The second-order valence-corrected chi connectivity index (χ2v) is 3.84. The van der Waals surface area contributed by atoms with Crippen LogP contribution < -0.4 is 5.73 Å². The molecular weight excluding hydrogens is 152 g/mol. The predicted octanol–water partition coefficient (Wildman–Crippen LogP) is 0.180. The minimum Gasteiger partial charge on any atom is -0.393 e. The van der Waals surface area contributed by atoms with Crippen LogP contribution in [0.5, 0.6) is 0 Å². The number of hydrogen-bond acceptors (Lipinski definition) is 3. The molecule has 1 rings (SSSR count). The Hall–Kier alpha value is -0.120. The van der Waals surface area contributed by atoms with Gasteiger partial charge in [0, 0.05) is 19.1 Å². The SMILES string of the molecule is CC(O)CCN1CCC[C@@H](N)C1. The van der Waals surface area contributed by atoms with Gasteiger partial charge in [-0.1, -0.05) is 0 Å². The van der Waals surface area contributed by atoms with Crippen LogP contribution in [0.3, 0.4) is 0 Å². The highest BCUT2D eigenvalue weighted by Crippen LogP contribution is 2.08. The van der Waals surface area contributed by atoms with Gasteiger partial charge in [-0.3, -0.25) is 0 Å². The van der Waals surface area contributed by atoms with Gasteiger partial charge < -0.3 is 15.7 Å². The molecule has 0 saturated carbocycles. The number of likely N-dealkylation sites (tertiary alicyclic amines) is 1. The van der Waals surface area contributed by atoms with Crippen LogP contribution in [0.15, 0.2) is 0 Å². The molecule has 2 atom stereocenters. The number of hydrogen-bond donors (Lipinski definition) is 2. The molecule has 0 radical (unpaired) electrons. The van der Waals surface area contributed by atoms with Gasteiger partial charge >= 0.3 is 0 Å². The average Bonchev–Trinajstić information content (AvgIpc) is 2.01. The third-order valence-electron chi connectivity index (χ3n) is 2.41. The Kier molecular flexibility index (Phi) is 3.98. The Labute approximate surface area is 74.5 Å². The zero-order valence-electron chi connectivity index (χ0n) is 7.87. The van der Waals surface area contributed by atoms with Crippen molar-refractivity contribution in [2.45, 2.75) is 38.3 Å². The standard InChI is InChI=1S/C9H20N2O/c1-8(12)4-6-11-5-2-3-9(10)7-11/h8-9,12H,2-7,10H2,1H3/t8?,9-/m1/s1. The smallest absolute Gasteiger partial charge is 0.0524 e. The van der Waals surface area contributed by atoms with Crippen molar-refractivity contribution in [1.82, 2.24) is 4.90 Å². The summed E-state index contributed by atoms with van der Waals surface area (Å²) in [7, 11) is 0. The zero-order chi connectivity index (χ0) is 8.97. The van der Waals surface area contributed by atoms with Crippen molar-refractivity contribution in [2.75, 3.05) is 19.6 Å². The van der Waals surface area contributed by atoms with E-state index in [0.29, 0.717) is 6.04 Å². The third kappa shape index (κ3) is 3.52. The Bertz CT molecular complexity index is 128. The van der Waals surface area contributed by atoms with Gasteiger partial charge in [0.25, 0.3) is 0 Å². The quantitative estimate of drug-likeness (QED) is 0.638. The normalized spacial score (nSPS) is 28.8. The van der Waals surface area contributed by atoms with Crippen LogP contribution >= 0.6 is 0 Å². The van der Waals surface area contributed by atoms with Gasteiger partial charge in [-0.05, 0) is 32.7 Å². The summed E-state index contributed by atoms with van der Waals surface area (Å²) in [6.07, 6.45) is 3.06. The molecule has 0 bridgehead atoms. The molecule has 1 heterocycles. The monoisotopic (exact) mass is 172 g/mol. The summed E-state index contributed by atoms with van der Waals surface area (Å²) in [5, 5.41) is 9.09. The molecule has 3 nitrogen and oxygen atoms in total. The fourth-order valence-electron chi connectivity index (χ4n) is 1.66. The van der Waals surface area contributed by atoms with Crippen molar-refractivity contribution < 1.29 is 5.11 Å². The lowest BCUT2D eigenvalue weighted by Crippen LogP contribution is -2.43. The topological polar surface area (TPSA) is 49.5 Å². The molecule has 1 aliphatic rings. The van der Waals surface area contributed by atoms with Crippen molar-refractivity contribution in [2.24, 2.45) is 5.73 Å². The first-order valence-electron chi connectivity index (χ1n) is 4.84. The summed E-state index contributed by atoms with van der Waals surface area (Å²) < 4.78 is 0. The van der Waals surface area contributed by atoms with E-state index in [1.165, 1.54) is 6.42 Å². The highest BCUT2D eigenvalue weighted by atomic mass is 16.3. The number of aliphatic hydroxyl groups is 1. The number of nitrogens with zero attached hydrogens (tertiary/aromatic N) is 1. The van der Waals surface area contributed by atoms with Crippen LogP contribution in [0.4, 0.5) is 0 Å². The van der Waals surface area contributed by atoms with Crippen molar-refractivity contribution in [3.63, 3.8) is 0 Å².